The molecule has 0 atom stereocenters. The summed E-state index contributed by atoms with van der Waals surface area (Å²) in [6.45, 7) is 6.70. The van der Waals surface area contributed by atoms with Gasteiger partial charge in [-0.15, -0.1) is 0 Å². The molecule has 0 saturated carbocycles. The number of rotatable bonds is 2. The third-order valence-electron chi connectivity index (χ3n) is 1.63. The highest BCUT2D eigenvalue weighted by atomic mass is 35.5. The van der Waals surface area contributed by atoms with Gasteiger partial charge < -0.3 is 5.11 Å². The minimum atomic E-state index is -1.37. The molecule has 0 saturated heterocycles. The highest BCUT2D eigenvalue weighted by Gasteiger charge is 2.16. The Labute approximate surface area is 96.4 Å². The second-order valence-electron chi connectivity index (χ2n) is 2.56. The number of halogens is 2. The maximum Gasteiger partial charge on any atom is 0.335 e. The molecule has 0 aliphatic rings. The van der Waals surface area contributed by atoms with Gasteiger partial charge >= 0.3 is 5.97 Å². The lowest BCUT2D eigenvalue weighted by atomic mass is 10.2. The van der Waals surface area contributed by atoms with E-state index in [0.29, 0.717) is 10.6 Å². The first-order chi connectivity index (χ1) is 7.07. The number of carboxylic acids is 1. The molecule has 0 heterocycles. The molecule has 0 bridgehead atoms. The van der Waals surface area contributed by atoms with E-state index < -0.39 is 11.7 Å². The van der Waals surface area contributed by atoms with E-state index in [1.807, 2.05) is 0 Å². The van der Waals surface area contributed by atoms with Gasteiger partial charge in [-0.1, -0.05) is 41.4 Å². The molecule has 3 nitrogen and oxygen atoms in total. The molecular formula is C10H5Cl2NO2. The van der Waals surface area contributed by atoms with Gasteiger partial charge in [0.05, 0.1) is 11.6 Å². The largest absolute Gasteiger partial charge is 0.486 e. The normalized spacial score (nSPS) is 11.5. The van der Waals surface area contributed by atoms with Gasteiger partial charge in [-0.25, -0.2) is 4.85 Å². The summed E-state index contributed by atoms with van der Waals surface area (Å²) in [6.07, 6.45) is 0. The second-order valence-corrected chi connectivity index (χ2v) is 3.34. The molecule has 0 amide bonds. The number of hydrogen-bond donors (Lipinski definition) is 1. The summed E-state index contributed by atoms with van der Waals surface area (Å²) in [5.74, 6) is -1.37. The Morgan fingerprint density at radius 2 is 2.00 bits per heavy atom. The molecule has 0 spiro atoms. The second kappa shape index (κ2) is 4.83. The first-order valence-electron chi connectivity index (χ1n) is 3.83. The van der Waals surface area contributed by atoms with E-state index in [1.54, 1.807) is 24.3 Å². The van der Waals surface area contributed by atoms with Gasteiger partial charge in [0.25, 0.3) is 5.70 Å². The van der Waals surface area contributed by atoms with Crippen LogP contribution in [0.2, 0.25) is 5.02 Å². The van der Waals surface area contributed by atoms with Gasteiger partial charge in [0.1, 0.15) is 0 Å². The fourth-order valence-electron chi connectivity index (χ4n) is 0.958. The standard InChI is InChI=1S/C10H5Cl2NO2/c1-13-9(10(14)15)8(12)6-4-2-3-5-7(6)11/h2-5H,(H,14,15)/b9-8-. The zero-order chi connectivity index (χ0) is 11.4. The van der Waals surface area contributed by atoms with Crippen LogP contribution in [0, 0.1) is 6.57 Å². The molecule has 0 aliphatic carbocycles. The van der Waals surface area contributed by atoms with Crippen molar-refractivity contribution < 1.29 is 9.90 Å². The Kier molecular flexibility index (Phi) is 3.73. The summed E-state index contributed by atoms with van der Waals surface area (Å²) in [5.41, 5.74) is -0.195. The van der Waals surface area contributed by atoms with Crippen molar-refractivity contribution in [3.8, 4) is 0 Å². The quantitative estimate of drug-likeness (QED) is 0.638. The topological polar surface area (TPSA) is 41.7 Å². The summed E-state index contributed by atoms with van der Waals surface area (Å²) >= 11 is 11.6. The molecule has 76 valence electrons. The van der Waals surface area contributed by atoms with Crippen LogP contribution in [-0.2, 0) is 4.79 Å². The molecule has 5 heteroatoms. The Morgan fingerprint density at radius 3 is 2.47 bits per heavy atom. The minimum absolute atomic E-state index is 0.150. The fourth-order valence-corrected chi connectivity index (χ4v) is 1.52. The van der Waals surface area contributed by atoms with Gasteiger partial charge in [-0.2, -0.15) is 0 Å². The predicted octanol–water partition coefficient (Wildman–Crippen LogP) is 3.25. The van der Waals surface area contributed by atoms with Crippen LogP contribution in [-0.4, -0.2) is 11.1 Å². The van der Waals surface area contributed by atoms with E-state index >= 15 is 0 Å². The van der Waals surface area contributed by atoms with Crippen LogP contribution < -0.4 is 0 Å². The first kappa shape index (κ1) is 11.6. The van der Waals surface area contributed by atoms with Crippen molar-refractivity contribution in [3.05, 3.63) is 52.0 Å². The van der Waals surface area contributed by atoms with Crippen LogP contribution in [0.15, 0.2) is 30.0 Å². The van der Waals surface area contributed by atoms with Crippen molar-refractivity contribution in [3.63, 3.8) is 0 Å². The highest BCUT2D eigenvalue weighted by Crippen LogP contribution is 2.29. The third-order valence-corrected chi connectivity index (χ3v) is 2.34. The molecule has 0 radical (unpaired) electrons. The molecule has 1 aromatic carbocycles. The van der Waals surface area contributed by atoms with Gasteiger partial charge in [-0.3, -0.25) is 4.79 Å². The van der Waals surface area contributed by atoms with Crippen molar-refractivity contribution >= 4 is 34.2 Å². The van der Waals surface area contributed by atoms with Crippen molar-refractivity contribution in [2.45, 2.75) is 0 Å². The van der Waals surface area contributed by atoms with Crippen molar-refractivity contribution in [2.24, 2.45) is 0 Å². The minimum Gasteiger partial charge on any atom is -0.486 e. The molecule has 0 unspecified atom stereocenters. The Morgan fingerprint density at radius 1 is 1.40 bits per heavy atom. The summed E-state index contributed by atoms with van der Waals surface area (Å²) in [5, 5.41) is 8.86. The number of carbonyl (C=O) groups is 1. The number of aliphatic carboxylic acids is 1. The fraction of sp³-hybridized carbons (Fsp3) is 0. The Hall–Kier alpha value is -1.50. The average molecular weight is 242 g/mol. The molecule has 1 rings (SSSR count). The number of carboxylic acid groups (broad SMARTS) is 1. The van der Waals surface area contributed by atoms with Crippen molar-refractivity contribution in [1.29, 1.82) is 0 Å². The average Bonchev–Trinajstić information content (AvgIpc) is 2.18. The smallest absolute Gasteiger partial charge is 0.335 e. The zero-order valence-electron chi connectivity index (χ0n) is 7.37. The van der Waals surface area contributed by atoms with Gasteiger partial charge in [0, 0.05) is 10.6 Å². The van der Waals surface area contributed by atoms with E-state index in [-0.39, 0.29) is 5.03 Å². The third kappa shape index (κ3) is 2.50. The first-order valence-corrected chi connectivity index (χ1v) is 4.59. The van der Waals surface area contributed by atoms with E-state index in [1.165, 1.54) is 0 Å². The van der Waals surface area contributed by atoms with E-state index in [0.717, 1.165) is 0 Å². The zero-order valence-corrected chi connectivity index (χ0v) is 8.88. The maximum atomic E-state index is 10.7. The highest BCUT2D eigenvalue weighted by molar-refractivity contribution is 6.52. The summed E-state index contributed by atoms with van der Waals surface area (Å²) in [6, 6.07) is 6.47. The monoisotopic (exact) mass is 241 g/mol. The number of hydrogen-bond acceptors (Lipinski definition) is 1. The Bertz CT molecular complexity index is 475. The van der Waals surface area contributed by atoms with Gasteiger partial charge in [0.15, 0.2) is 0 Å². The number of benzene rings is 1. The van der Waals surface area contributed by atoms with Gasteiger partial charge in [0.2, 0.25) is 0 Å². The lowest BCUT2D eigenvalue weighted by Crippen LogP contribution is -1.98. The molecular weight excluding hydrogens is 237 g/mol. The molecule has 0 fully saturated rings. The van der Waals surface area contributed by atoms with Crippen LogP contribution >= 0.6 is 23.2 Å². The SMILES string of the molecule is [C-]#[N+]/C(C(=O)O)=C(\Cl)c1ccccc1Cl. The van der Waals surface area contributed by atoms with Crippen molar-refractivity contribution in [1.82, 2.24) is 0 Å². The van der Waals surface area contributed by atoms with Crippen LogP contribution in [0.4, 0.5) is 0 Å². The predicted molar refractivity (Wildman–Crippen MR) is 58.5 cm³/mol. The summed E-state index contributed by atoms with van der Waals surface area (Å²) in [7, 11) is 0. The summed E-state index contributed by atoms with van der Waals surface area (Å²) < 4.78 is 0. The number of nitrogens with zero attached hydrogens (tertiary/aromatic N) is 1. The molecule has 1 N–H and O–H groups in total. The Balaban J connectivity index is 3.37. The van der Waals surface area contributed by atoms with E-state index in [4.69, 9.17) is 34.9 Å². The van der Waals surface area contributed by atoms with Crippen LogP contribution in [0.25, 0.3) is 9.88 Å². The van der Waals surface area contributed by atoms with Gasteiger partial charge in [-0.05, 0) is 6.07 Å². The lowest BCUT2D eigenvalue weighted by Gasteiger charge is -2.02. The summed E-state index contributed by atoms with van der Waals surface area (Å²) in [4.78, 5) is 13.5. The molecule has 0 aromatic heterocycles. The van der Waals surface area contributed by atoms with Crippen LogP contribution in [0.3, 0.4) is 0 Å². The maximum absolute atomic E-state index is 10.7. The van der Waals surface area contributed by atoms with Crippen LogP contribution in [0.5, 0.6) is 0 Å². The molecule has 1 aromatic rings. The molecule has 0 aliphatic heterocycles. The van der Waals surface area contributed by atoms with E-state index in [9.17, 15) is 4.79 Å². The molecule has 15 heavy (non-hydrogen) atoms. The van der Waals surface area contributed by atoms with Crippen molar-refractivity contribution in [2.75, 3.05) is 0 Å². The van der Waals surface area contributed by atoms with Crippen LogP contribution in [0.1, 0.15) is 5.56 Å². The van der Waals surface area contributed by atoms with E-state index in [2.05, 4.69) is 4.85 Å². The lowest BCUT2D eigenvalue weighted by molar-refractivity contribution is -0.132.